The van der Waals surface area contributed by atoms with Gasteiger partial charge in [0.2, 0.25) is 0 Å². The maximum atomic E-state index is 5.02. The number of rotatable bonds is 2. The summed E-state index contributed by atoms with van der Waals surface area (Å²) < 4.78 is 1.30. The third kappa shape index (κ3) is 3.30. The van der Waals surface area contributed by atoms with E-state index in [-0.39, 0.29) is 0 Å². The molecule has 0 amide bonds. The first-order valence-electron chi connectivity index (χ1n) is 9.38. The maximum absolute atomic E-state index is 5.02. The standard InChI is InChI=1S/C21H27N3S/c1-13-5-7-18(22-12-13)16-6-8-20-19(11-16)23-21(25-20)17-9-14(2)24(4)15(3)10-17/h6-8,11-15,17H,5,9-10H2,1-4H3/t13?,14-,15+,17?. The molecule has 0 N–H and O–H groups in total. The molecule has 3 heterocycles. The zero-order valence-electron chi connectivity index (χ0n) is 15.6. The molecule has 4 rings (SSSR count). The quantitative estimate of drug-likeness (QED) is 0.729. The van der Waals surface area contributed by atoms with Crippen LogP contribution in [-0.2, 0) is 0 Å². The van der Waals surface area contributed by atoms with Crippen LogP contribution in [0.2, 0.25) is 0 Å². The molecule has 0 spiro atoms. The van der Waals surface area contributed by atoms with Crippen molar-refractivity contribution in [2.45, 2.75) is 58.0 Å². The Kier molecular flexibility index (Phi) is 4.50. The lowest BCUT2D eigenvalue weighted by atomic mass is 9.88. The normalized spacial score (nSPS) is 30.6. The van der Waals surface area contributed by atoms with E-state index in [0.717, 1.165) is 17.6 Å². The van der Waals surface area contributed by atoms with Crippen LogP contribution < -0.4 is 0 Å². The van der Waals surface area contributed by atoms with Crippen molar-refractivity contribution in [3.05, 3.63) is 34.8 Å². The molecule has 2 aromatic rings. The molecule has 2 aliphatic heterocycles. The molecule has 2 aliphatic rings. The van der Waals surface area contributed by atoms with Gasteiger partial charge in [-0.2, -0.15) is 0 Å². The molecule has 1 aromatic carbocycles. The second kappa shape index (κ2) is 6.65. The molecular weight excluding hydrogens is 326 g/mol. The van der Waals surface area contributed by atoms with Crippen molar-refractivity contribution in [3.63, 3.8) is 0 Å². The van der Waals surface area contributed by atoms with Gasteiger partial charge >= 0.3 is 0 Å². The van der Waals surface area contributed by atoms with Crippen molar-refractivity contribution in [1.29, 1.82) is 0 Å². The highest BCUT2D eigenvalue weighted by Crippen LogP contribution is 2.38. The van der Waals surface area contributed by atoms with Gasteiger partial charge in [0, 0.05) is 29.8 Å². The van der Waals surface area contributed by atoms with Crippen molar-refractivity contribution < 1.29 is 0 Å². The van der Waals surface area contributed by atoms with Crippen LogP contribution in [0.4, 0.5) is 0 Å². The first kappa shape index (κ1) is 16.9. The fourth-order valence-corrected chi connectivity index (χ4v) is 5.05. The first-order valence-corrected chi connectivity index (χ1v) is 10.2. The lowest BCUT2D eigenvalue weighted by Gasteiger charge is -2.39. The van der Waals surface area contributed by atoms with Gasteiger partial charge in [0.15, 0.2) is 0 Å². The molecule has 4 atom stereocenters. The van der Waals surface area contributed by atoms with Crippen LogP contribution in [0.25, 0.3) is 15.9 Å². The van der Waals surface area contributed by atoms with E-state index in [0.29, 0.717) is 23.9 Å². The predicted octanol–water partition coefficient (Wildman–Crippen LogP) is 5.33. The summed E-state index contributed by atoms with van der Waals surface area (Å²) in [4.78, 5) is 12.1. The summed E-state index contributed by atoms with van der Waals surface area (Å²) in [6.07, 6.45) is 7.80. The van der Waals surface area contributed by atoms with Gasteiger partial charge in [-0.15, -0.1) is 11.3 Å². The minimum atomic E-state index is 0.548. The summed E-state index contributed by atoms with van der Waals surface area (Å²) in [5.74, 6) is 1.14. The van der Waals surface area contributed by atoms with Gasteiger partial charge in [-0.1, -0.05) is 19.1 Å². The van der Waals surface area contributed by atoms with Crippen molar-refractivity contribution in [2.24, 2.45) is 10.9 Å². The average molecular weight is 354 g/mol. The van der Waals surface area contributed by atoms with Gasteiger partial charge < -0.3 is 4.90 Å². The lowest BCUT2D eigenvalue weighted by Crippen LogP contribution is -2.43. The molecule has 0 bridgehead atoms. The number of fused-ring (bicyclic) bond motifs is 1. The molecule has 1 fully saturated rings. The highest BCUT2D eigenvalue weighted by molar-refractivity contribution is 7.18. The lowest BCUT2D eigenvalue weighted by molar-refractivity contribution is 0.122. The largest absolute Gasteiger partial charge is 0.301 e. The molecule has 1 saturated heterocycles. The Balaban J connectivity index is 1.62. The summed E-state index contributed by atoms with van der Waals surface area (Å²) in [5.41, 5.74) is 3.42. The fraction of sp³-hybridized carbons (Fsp3) is 0.524. The van der Waals surface area contributed by atoms with Crippen LogP contribution in [0.5, 0.6) is 0 Å². The molecule has 0 radical (unpaired) electrons. The van der Waals surface area contributed by atoms with E-state index >= 15 is 0 Å². The predicted molar refractivity (Wildman–Crippen MR) is 109 cm³/mol. The Labute approximate surface area is 154 Å². The third-order valence-corrected chi connectivity index (χ3v) is 7.04. The van der Waals surface area contributed by atoms with E-state index in [2.05, 4.69) is 68.2 Å². The Morgan fingerprint density at radius 2 is 1.88 bits per heavy atom. The van der Waals surface area contributed by atoms with Crippen LogP contribution in [0.1, 0.15) is 56.5 Å². The molecule has 132 valence electrons. The molecule has 1 aromatic heterocycles. The van der Waals surface area contributed by atoms with Crippen molar-refractivity contribution in [3.8, 4) is 0 Å². The second-order valence-corrected chi connectivity index (χ2v) is 8.91. The van der Waals surface area contributed by atoms with E-state index in [1.807, 2.05) is 11.3 Å². The minimum absolute atomic E-state index is 0.548. The highest BCUT2D eigenvalue weighted by Gasteiger charge is 2.30. The van der Waals surface area contributed by atoms with Gasteiger partial charge in [0.05, 0.1) is 20.9 Å². The summed E-state index contributed by atoms with van der Waals surface area (Å²) >= 11 is 1.88. The van der Waals surface area contributed by atoms with Gasteiger partial charge in [-0.05, 0) is 58.2 Å². The molecule has 0 aliphatic carbocycles. The van der Waals surface area contributed by atoms with Crippen LogP contribution in [-0.4, -0.2) is 35.2 Å². The van der Waals surface area contributed by atoms with E-state index in [1.54, 1.807) is 0 Å². The van der Waals surface area contributed by atoms with Gasteiger partial charge in [-0.3, -0.25) is 4.99 Å². The van der Waals surface area contributed by atoms with Gasteiger partial charge in [0.1, 0.15) is 0 Å². The van der Waals surface area contributed by atoms with Crippen molar-refractivity contribution in [2.75, 3.05) is 7.05 Å². The second-order valence-electron chi connectivity index (χ2n) is 7.85. The number of piperidine rings is 1. The third-order valence-electron chi connectivity index (χ3n) is 5.84. The summed E-state index contributed by atoms with van der Waals surface area (Å²) in [5, 5.41) is 1.31. The molecule has 3 nitrogen and oxygen atoms in total. The molecule has 4 heteroatoms. The summed E-state index contributed by atoms with van der Waals surface area (Å²) in [6, 6.07) is 7.89. The SMILES string of the molecule is CC1C=NC(c2ccc3sc(C4C[C@@H](C)N(C)[C@@H](C)C4)nc3c2)=CC1. The fourth-order valence-electron chi connectivity index (χ4n) is 3.98. The Bertz CT molecular complexity index is 823. The van der Waals surface area contributed by atoms with Crippen LogP contribution in [0.15, 0.2) is 29.3 Å². The van der Waals surface area contributed by atoms with E-state index in [9.17, 15) is 0 Å². The topological polar surface area (TPSA) is 28.5 Å². The number of aliphatic imine (C=N–C) groups is 1. The molecule has 2 unspecified atom stereocenters. The maximum Gasteiger partial charge on any atom is 0.0970 e. The van der Waals surface area contributed by atoms with Crippen molar-refractivity contribution in [1.82, 2.24) is 9.88 Å². The van der Waals surface area contributed by atoms with E-state index in [1.165, 1.54) is 28.1 Å². The van der Waals surface area contributed by atoms with E-state index < -0.39 is 0 Å². The minimum Gasteiger partial charge on any atom is -0.301 e. The van der Waals surface area contributed by atoms with Gasteiger partial charge in [0.25, 0.3) is 0 Å². The van der Waals surface area contributed by atoms with E-state index in [4.69, 9.17) is 4.98 Å². The molecule has 0 saturated carbocycles. The Morgan fingerprint density at radius 3 is 2.56 bits per heavy atom. The Hall–Kier alpha value is -1.52. The summed E-state index contributed by atoms with van der Waals surface area (Å²) in [6.45, 7) is 6.88. The molecular formula is C21H27N3S. The molecule has 25 heavy (non-hydrogen) atoms. The number of benzene rings is 1. The number of aromatic nitrogens is 1. The number of hydrogen-bond donors (Lipinski definition) is 0. The smallest absolute Gasteiger partial charge is 0.0970 e. The number of thiazole rings is 1. The Morgan fingerprint density at radius 1 is 1.12 bits per heavy atom. The average Bonchev–Trinajstić information content (AvgIpc) is 3.03. The van der Waals surface area contributed by atoms with Crippen LogP contribution >= 0.6 is 11.3 Å². The highest BCUT2D eigenvalue weighted by atomic mass is 32.1. The number of nitrogens with zero attached hydrogens (tertiary/aromatic N) is 3. The monoisotopic (exact) mass is 353 g/mol. The zero-order valence-corrected chi connectivity index (χ0v) is 16.4. The number of hydrogen-bond acceptors (Lipinski definition) is 4. The van der Waals surface area contributed by atoms with Crippen LogP contribution in [0, 0.1) is 5.92 Å². The first-order chi connectivity index (χ1) is 12.0. The van der Waals surface area contributed by atoms with Crippen LogP contribution in [0.3, 0.4) is 0 Å². The number of allylic oxidation sites excluding steroid dienone is 1. The van der Waals surface area contributed by atoms with Crippen molar-refractivity contribution >= 4 is 33.5 Å². The zero-order chi connectivity index (χ0) is 17.6. The number of likely N-dealkylation sites (tertiary alicyclic amines) is 1. The summed E-state index contributed by atoms with van der Waals surface area (Å²) in [7, 11) is 2.25. The van der Waals surface area contributed by atoms with Gasteiger partial charge in [-0.25, -0.2) is 4.98 Å².